The van der Waals surface area contributed by atoms with Gasteiger partial charge in [-0.3, -0.25) is 10.1 Å². The molecule has 1 atom stereocenters. The topological polar surface area (TPSA) is 32.3 Å². The molecule has 18 heavy (non-hydrogen) atoms. The van der Waals surface area contributed by atoms with Gasteiger partial charge in [-0.05, 0) is 36.5 Å². The number of hydrogen-bond donors (Lipinski definition) is 1. The van der Waals surface area contributed by atoms with Crippen molar-refractivity contribution in [2.75, 3.05) is 13.1 Å². The van der Waals surface area contributed by atoms with Crippen LogP contribution in [0.25, 0.3) is 0 Å². The van der Waals surface area contributed by atoms with Crippen molar-refractivity contribution in [1.29, 1.82) is 0 Å². The summed E-state index contributed by atoms with van der Waals surface area (Å²) in [4.78, 5) is 13.7. The Labute approximate surface area is 106 Å². The van der Waals surface area contributed by atoms with E-state index in [9.17, 15) is 9.18 Å². The summed E-state index contributed by atoms with van der Waals surface area (Å²) in [5.74, 6) is 0.498. The molecule has 1 saturated heterocycles. The van der Waals surface area contributed by atoms with Gasteiger partial charge >= 0.3 is 0 Å². The lowest BCUT2D eigenvalue weighted by atomic mass is 9.85. The average molecular weight is 248 g/mol. The van der Waals surface area contributed by atoms with Crippen LogP contribution in [0.3, 0.4) is 0 Å². The van der Waals surface area contributed by atoms with E-state index in [0.29, 0.717) is 12.5 Å². The third-order valence-corrected chi connectivity index (χ3v) is 3.92. The first kappa shape index (κ1) is 11.7. The second-order valence-electron chi connectivity index (χ2n) is 5.18. The van der Waals surface area contributed by atoms with Crippen LogP contribution in [-0.4, -0.2) is 23.9 Å². The molecule has 96 valence electrons. The molecular weight excluding hydrogens is 231 g/mol. The summed E-state index contributed by atoms with van der Waals surface area (Å²) in [5, 5.41) is 3.16. The number of rotatable bonds is 3. The lowest BCUT2D eigenvalue weighted by Crippen LogP contribution is -2.36. The fourth-order valence-electron chi connectivity index (χ4n) is 2.67. The van der Waals surface area contributed by atoms with Gasteiger partial charge in [-0.15, -0.1) is 0 Å². The van der Waals surface area contributed by atoms with E-state index in [1.54, 1.807) is 6.07 Å². The van der Waals surface area contributed by atoms with Crippen LogP contribution in [0.2, 0.25) is 0 Å². The van der Waals surface area contributed by atoms with E-state index in [1.807, 2.05) is 11.0 Å². The molecule has 2 aliphatic rings. The Morgan fingerprint density at radius 3 is 2.89 bits per heavy atom. The molecule has 0 radical (unpaired) electrons. The summed E-state index contributed by atoms with van der Waals surface area (Å²) in [5.41, 5.74) is 0.833. The maximum Gasteiger partial charge on any atom is 0.238 e. The Morgan fingerprint density at radius 1 is 1.39 bits per heavy atom. The number of amides is 1. The molecule has 1 aliphatic heterocycles. The van der Waals surface area contributed by atoms with Gasteiger partial charge in [0.05, 0.1) is 6.54 Å². The van der Waals surface area contributed by atoms with Crippen LogP contribution in [0, 0.1) is 11.7 Å². The van der Waals surface area contributed by atoms with Crippen molar-refractivity contribution >= 4 is 5.91 Å². The van der Waals surface area contributed by atoms with Crippen molar-refractivity contribution in [3.8, 4) is 0 Å². The minimum Gasteiger partial charge on any atom is -0.322 e. The lowest BCUT2D eigenvalue weighted by molar-refractivity contribution is -0.129. The maximum absolute atomic E-state index is 13.3. The van der Waals surface area contributed by atoms with Crippen molar-refractivity contribution in [2.24, 2.45) is 5.92 Å². The first-order chi connectivity index (χ1) is 8.74. The van der Waals surface area contributed by atoms with Crippen LogP contribution in [0.5, 0.6) is 0 Å². The Bertz CT molecular complexity index is 459. The zero-order valence-corrected chi connectivity index (χ0v) is 10.2. The molecule has 1 amide bonds. The van der Waals surface area contributed by atoms with Gasteiger partial charge in [0.25, 0.3) is 0 Å². The summed E-state index contributed by atoms with van der Waals surface area (Å²) >= 11 is 0. The minimum atomic E-state index is -0.253. The first-order valence-electron chi connectivity index (χ1n) is 6.52. The van der Waals surface area contributed by atoms with Crippen molar-refractivity contribution in [2.45, 2.75) is 25.4 Å². The maximum atomic E-state index is 13.3. The molecule has 1 unspecified atom stereocenters. The van der Waals surface area contributed by atoms with Gasteiger partial charge < -0.3 is 4.90 Å². The molecule has 0 spiro atoms. The van der Waals surface area contributed by atoms with Gasteiger partial charge in [0.2, 0.25) is 5.91 Å². The summed E-state index contributed by atoms with van der Waals surface area (Å²) < 4.78 is 13.3. The van der Waals surface area contributed by atoms with Gasteiger partial charge in [-0.25, -0.2) is 4.39 Å². The highest BCUT2D eigenvalue weighted by atomic mass is 19.1. The van der Waals surface area contributed by atoms with Gasteiger partial charge in [0.15, 0.2) is 0 Å². The third-order valence-electron chi connectivity index (χ3n) is 3.92. The number of halogens is 1. The standard InChI is InChI=1S/C14H17FN2O/c15-12-6-2-5-11(7-12)14-16-8-13(18)17(14)9-10-3-1-4-10/h2,5-7,10,14,16H,1,3-4,8-9H2. The molecular formula is C14H17FN2O. The number of carbonyl (C=O) groups is 1. The lowest BCUT2D eigenvalue weighted by Gasteiger charge is -2.33. The highest BCUT2D eigenvalue weighted by Gasteiger charge is 2.34. The second kappa shape index (κ2) is 4.69. The fraction of sp³-hybridized carbons (Fsp3) is 0.500. The SMILES string of the molecule is O=C1CNC(c2cccc(F)c2)N1CC1CCC1. The predicted octanol–water partition coefficient (Wildman–Crippen LogP) is 2.06. The van der Waals surface area contributed by atoms with E-state index in [1.165, 1.54) is 31.4 Å². The van der Waals surface area contributed by atoms with Gasteiger partial charge in [0, 0.05) is 6.54 Å². The Hall–Kier alpha value is -1.42. The van der Waals surface area contributed by atoms with E-state index in [2.05, 4.69) is 5.32 Å². The Morgan fingerprint density at radius 2 is 2.22 bits per heavy atom. The van der Waals surface area contributed by atoms with Crippen molar-refractivity contribution in [3.05, 3.63) is 35.6 Å². The van der Waals surface area contributed by atoms with Crippen LogP contribution < -0.4 is 5.32 Å². The first-order valence-corrected chi connectivity index (χ1v) is 6.52. The number of carbonyl (C=O) groups excluding carboxylic acids is 1. The van der Waals surface area contributed by atoms with E-state index < -0.39 is 0 Å². The van der Waals surface area contributed by atoms with Crippen molar-refractivity contribution in [1.82, 2.24) is 10.2 Å². The van der Waals surface area contributed by atoms with E-state index >= 15 is 0 Å². The molecule has 0 aromatic heterocycles. The average Bonchev–Trinajstić information content (AvgIpc) is 2.65. The van der Waals surface area contributed by atoms with Gasteiger partial charge in [0.1, 0.15) is 12.0 Å². The van der Waals surface area contributed by atoms with Crippen LogP contribution in [0.1, 0.15) is 31.0 Å². The van der Waals surface area contributed by atoms with Crippen LogP contribution >= 0.6 is 0 Å². The molecule has 0 bridgehead atoms. The quantitative estimate of drug-likeness (QED) is 0.888. The molecule has 1 aromatic carbocycles. The Kier molecular flexibility index (Phi) is 3.04. The number of nitrogens with zero attached hydrogens (tertiary/aromatic N) is 1. The van der Waals surface area contributed by atoms with E-state index in [0.717, 1.165) is 12.1 Å². The van der Waals surface area contributed by atoms with Crippen LogP contribution in [-0.2, 0) is 4.79 Å². The van der Waals surface area contributed by atoms with Crippen molar-refractivity contribution < 1.29 is 9.18 Å². The zero-order chi connectivity index (χ0) is 12.5. The zero-order valence-electron chi connectivity index (χ0n) is 10.2. The van der Waals surface area contributed by atoms with Gasteiger partial charge in [-0.1, -0.05) is 18.6 Å². The molecule has 1 saturated carbocycles. The summed E-state index contributed by atoms with van der Waals surface area (Å²) in [6.07, 6.45) is 3.53. The van der Waals surface area contributed by atoms with E-state index in [4.69, 9.17) is 0 Å². The Balaban J connectivity index is 1.79. The van der Waals surface area contributed by atoms with Crippen LogP contribution in [0.15, 0.2) is 24.3 Å². The molecule has 3 rings (SSSR count). The van der Waals surface area contributed by atoms with Gasteiger partial charge in [-0.2, -0.15) is 0 Å². The second-order valence-corrected chi connectivity index (χ2v) is 5.18. The molecule has 4 heteroatoms. The number of benzene rings is 1. The van der Waals surface area contributed by atoms with Crippen LogP contribution in [0.4, 0.5) is 4.39 Å². The predicted molar refractivity (Wildman–Crippen MR) is 66.2 cm³/mol. The normalized spacial score (nSPS) is 24.4. The summed E-state index contributed by atoms with van der Waals surface area (Å²) in [6, 6.07) is 6.49. The molecule has 1 heterocycles. The number of hydrogen-bond acceptors (Lipinski definition) is 2. The molecule has 1 aliphatic carbocycles. The highest BCUT2D eigenvalue weighted by Crippen LogP contribution is 2.31. The molecule has 1 N–H and O–H groups in total. The molecule has 3 nitrogen and oxygen atoms in total. The fourth-order valence-corrected chi connectivity index (χ4v) is 2.67. The summed E-state index contributed by atoms with van der Waals surface area (Å²) in [7, 11) is 0. The largest absolute Gasteiger partial charge is 0.322 e. The molecule has 2 fully saturated rings. The minimum absolute atomic E-state index is 0.121. The smallest absolute Gasteiger partial charge is 0.238 e. The van der Waals surface area contributed by atoms with E-state index in [-0.39, 0.29) is 17.9 Å². The van der Waals surface area contributed by atoms with Crippen molar-refractivity contribution in [3.63, 3.8) is 0 Å². The third kappa shape index (κ3) is 2.12. The molecule has 1 aromatic rings. The number of nitrogens with one attached hydrogen (secondary N) is 1. The monoisotopic (exact) mass is 248 g/mol. The summed E-state index contributed by atoms with van der Waals surface area (Å²) in [6.45, 7) is 1.15. The highest BCUT2D eigenvalue weighted by molar-refractivity contribution is 5.81.